The summed E-state index contributed by atoms with van der Waals surface area (Å²) in [6.07, 6.45) is 1.11. The van der Waals surface area contributed by atoms with Crippen LogP contribution >= 0.6 is 23.2 Å². The van der Waals surface area contributed by atoms with Crippen LogP contribution in [0.5, 0.6) is 5.75 Å². The van der Waals surface area contributed by atoms with Gasteiger partial charge in [0.05, 0.1) is 23.7 Å². The number of rotatable bonds is 8. The fourth-order valence-electron chi connectivity index (χ4n) is 5.76. The molecule has 2 N–H and O–H groups in total. The van der Waals surface area contributed by atoms with Crippen LogP contribution in [0.2, 0.25) is 10.0 Å². The average molecular weight is 718 g/mol. The number of aryl methyl sites for hydroxylation is 1. The molecule has 4 rings (SSSR count). The molecule has 49 heavy (non-hydrogen) atoms. The molecule has 6 atom stereocenters. The average Bonchev–Trinajstić information content (AvgIpc) is 3.82. The third kappa shape index (κ3) is 10.2. The fraction of sp³-hybridized carbons (Fsp3) is 0.514. The molecule has 12 heteroatoms. The molecule has 0 radical (unpaired) electrons. The Balaban J connectivity index is 1.62. The fourth-order valence-corrected chi connectivity index (χ4v) is 6.27. The molecule has 2 aromatic rings. The van der Waals surface area contributed by atoms with Crippen LogP contribution in [-0.2, 0) is 39.8 Å². The minimum absolute atomic E-state index is 0.00877. The zero-order chi connectivity index (χ0) is 36.0. The summed E-state index contributed by atoms with van der Waals surface area (Å²) in [5, 5.41) is 6.53. The first kappa shape index (κ1) is 38.2. The largest absolute Gasteiger partial charge is 0.495 e. The van der Waals surface area contributed by atoms with Gasteiger partial charge < -0.3 is 29.6 Å². The van der Waals surface area contributed by atoms with Crippen molar-refractivity contribution in [1.82, 2.24) is 10.6 Å². The summed E-state index contributed by atoms with van der Waals surface area (Å²) >= 11 is 12.5. The highest BCUT2D eigenvalue weighted by Crippen LogP contribution is 2.46. The highest BCUT2D eigenvalue weighted by molar-refractivity contribution is 6.32. The van der Waals surface area contributed by atoms with E-state index < -0.39 is 47.4 Å². The molecule has 2 heterocycles. The number of epoxide rings is 1. The Kier molecular flexibility index (Phi) is 12.8. The summed E-state index contributed by atoms with van der Waals surface area (Å²) in [6, 6.07) is 9.73. The molecule has 0 saturated carbocycles. The lowest BCUT2D eigenvalue weighted by molar-refractivity contribution is -0.179. The molecular formula is C37H46Cl2N2O8. The third-order valence-electron chi connectivity index (χ3n) is 8.82. The van der Waals surface area contributed by atoms with Crippen molar-refractivity contribution in [2.45, 2.75) is 91.3 Å². The SMILES string of the molecule is COc1ccc(C[C@H]2NC(=O)C=CC[C@@H]([C@H](C)C3OC3c3ccc(Cl)cc3C)OC(=O)[C@H](CC(C)C)OC(=O)C(C)(C)CNC2=O)cc1Cl. The summed E-state index contributed by atoms with van der Waals surface area (Å²) in [4.78, 5) is 53.8. The maximum absolute atomic E-state index is 13.7. The Bertz CT molecular complexity index is 1580. The number of nitrogens with one attached hydrogen (secondary N) is 2. The van der Waals surface area contributed by atoms with Crippen LogP contribution in [0.15, 0.2) is 48.6 Å². The molecule has 1 saturated heterocycles. The van der Waals surface area contributed by atoms with Crippen LogP contribution in [0, 0.1) is 24.2 Å². The molecular weight excluding hydrogens is 671 g/mol. The van der Waals surface area contributed by atoms with Gasteiger partial charge in [-0.15, -0.1) is 0 Å². The van der Waals surface area contributed by atoms with Gasteiger partial charge in [0.25, 0.3) is 0 Å². The molecule has 0 bridgehead atoms. The molecule has 2 aliphatic heterocycles. The van der Waals surface area contributed by atoms with Gasteiger partial charge in [-0.1, -0.05) is 62.2 Å². The number of amides is 2. The van der Waals surface area contributed by atoms with E-state index in [1.54, 1.807) is 38.1 Å². The predicted octanol–water partition coefficient (Wildman–Crippen LogP) is 6.09. The lowest BCUT2D eigenvalue weighted by atomic mass is 9.92. The molecule has 0 aromatic heterocycles. The highest BCUT2D eigenvalue weighted by Gasteiger charge is 2.48. The van der Waals surface area contributed by atoms with Crippen molar-refractivity contribution in [2.75, 3.05) is 13.7 Å². The second-order valence-electron chi connectivity index (χ2n) is 13.9. The Hall–Kier alpha value is -3.60. The van der Waals surface area contributed by atoms with E-state index in [2.05, 4.69) is 10.6 Å². The van der Waals surface area contributed by atoms with Crippen molar-refractivity contribution in [3.05, 3.63) is 75.3 Å². The number of carbonyl (C=O) groups excluding carboxylic acids is 4. The molecule has 2 aliphatic rings. The lowest BCUT2D eigenvalue weighted by Gasteiger charge is -2.29. The van der Waals surface area contributed by atoms with Crippen LogP contribution < -0.4 is 15.4 Å². The zero-order valence-corrected chi connectivity index (χ0v) is 30.5. The first-order chi connectivity index (χ1) is 23.1. The van der Waals surface area contributed by atoms with E-state index >= 15 is 0 Å². The van der Waals surface area contributed by atoms with Gasteiger partial charge in [-0.2, -0.15) is 0 Å². The monoisotopic (exact) mass is 716 g/mol. The summed E-state index contributed by atoms with van der Waals surface area (Å²) in [7, 11) is 1.50. The second-order valence-corrected chi connectivity index (χ2v) is 14.7. The van der Waals surface area contributed by atoms with Gasteiger partial charge in [0.1, 0.15) is 24.0 Å². The standard InChI is InChI=1S/C37H46Cl2N2O8/c1-20(2)15-30-35(44)47-28(22(4)32-33(49-32)25-13-12-24(38)16-21(25)3)9-8-10-31(42)41-27(18-23-11-14-29(46-7)26(39)17-23)34(43)40-19-37(5,6)36(45)48-30/h8,10-14,16-17,20,22,27-28,30,32-33H,9,15,18-19H2,1-7H3,(H,40,43)(H,41,42)/t22-,27+,28-,30-,32?,33?/m0/s1. The van der Waals surface area contributed by atoms with Crippen LogP contribution in [-0.4, -0.2) is 61.8 Å². The number of methoxy groups -OCH3 is 1. The third-order valence-corrected chi connectivity index (χ3v) is 9.35. The molecule has 2 amide bonds. The summed E-state index contributed by atoms with van der Waals surface area (Å²) < 4.78 is 23.2. The number of ether oxygens (including phenoxy) is 4. The maximum atomic E-state index is 13.7. The molecule has 0 spiro atoms. The van der Waals surface area contributed by atoms with Crippen molar-refractivity contribution < 1.29 is 38.1 Å². The number of hydrogen-bond acceptors (Lipinski definition) is 8. The van der Waals surface area contributed by atoms with Gasteiger partial charge in [-0.25, -0.2) is 4.79 Å². The molecule has 2 unspecified atom stereocenters. The first-order valence-corrected chi connectivity index (χ1v) is 17.3. The summed E-state index contributed by atoms with van der Waals surface area (Å²) in [5.74, 6) is -2.17. The number of carbonyl (C=O) groups is 4. The molecule has 10 nitrogen and oxygen atoms in total. The van der Waals surface area contributed by atoms with E-state index in [1.165, 1.54) is 13.2 Å². The Morgan fingerprint density at radius 3 is 2.41 bits per heavy atom. The van der Waals surface area contributed by atoms with Crippen molar-refractivity contribution >= 4 is 47.0 Å². The summed E-state index contributed by atoms with van der Waals surface area (Å²) in [6.45, 7) is 10.8. The van der Waals surface area contributed by atoms with E-state index in [0.717, 1.165) is 11.1 Å². The van der Waals surface area contributed by atoms with E-state index in [9.17, 15) is 19.2 Å². The minimum atomic E-state index is -1.21. The van der Waals surface area contributed by atoms with Crippen molar-refractivity contribution in [3.8, 4) is 5.75 Å². The van der Waals surface area contributed by atoms with E-state index in [0.29, 0.717) is 21.4 Å². The number of halogens is 2. The number of hydrogen-bond donors (Lipinski definition) is 2. The second kappa shape index (κ2) is 16.4. The summed E-state index contributed by atoms with van der Waals surface area (Å²) in [5.41, 5.74) is 1.46. The normalized spacial score (nSPS) is 25.6. The lowest BCUT2D eigenvalue weighted by Crippen LogP contribution is -2.51. The van der Waals surface area contributed by atoms with E-state index in [4.69, 9.17) is 42.1 Å². The van der Waals surface area contributed by atoms with Crippen LogP contribution in [0.3, 0.4) is 0 Å². The van der Waals surface area contributed by atoms with Gasteiger partial charge in [0.15, 0.2) is 6.10 Å². The minimum Gasteiger partial charge on any atom is -0.495 e. The molecule has 0 aliphatic carbocycles. The quantitative estimate of drug-likeness (QED) is 0.248. The Morgan fingerprint density at radius 1 is 1.02 bits per heavy atom. The van der Waals surface area contributed by atoms with Crippen LogP contribution in [0.1, 0.15) is 70.3 Å². The zero-order valence-electron chi connectivity index (χ0n) is 29.0. The van der Waals surface area contributed by atoms with E-state index in [-0.39, 0.29) is 49.9 Å². The van der Waals surface area contributed by atoms with Gasteiger partial charge >= 0.3 is 11.9 Å². The van der Waals surface area contributed by atoms with Gasteiger partial charge in [0, 0.05) is 30.3 Å². The first-order valence-electron chi connectivity index (χ1n) is 16.5. The van der Waals surface area contributed by atoms with Crippen molar-refractivity contribution in [1.29, 1.82) is 0 Å². The number of benzene rings is 2. The highest BCUT2D eigenvalue weighted by atomic mass is 35.5. The maximum Gasteiger partial charge on any atom is 0.347 e. The van der Waals surface area contributed by atoms with E-state index in [1.807, 2.05) is 45.9 Å². The van der Waals surface area contributed by atoms with Crippen LogP contribution in [0.25, 0.3) is 0 Å². The molecule has 266 valence electrons. The Morgan fingerprint density at radius 2 is 1.76 bits per heavy atom. The predicted molar refractivity (Wildman–Crippen MR) is 186 cm³/mol. The molecule has 2 aromatic carbocycles. The van der Waals surface area contributed by atoms with Crippen molar-refractivity contribution in [3.63, 3.8) is 0 Å². The topological polar surface area (TPSA) is 133 Å². The smallest absolute Gasteiger partial charge is 0.347 e. The van der Waals surface area contributed by atoms with Gasteiger partial charge in [-0.05, 0) is 80.1 Å². The van der Waals surface area contributed by atoms with Crippen molar-refractivity contribution in [2.24, 2.45) is 17.3 Å². The van der Waals surface area contributed by atoms with Gasteiger partial charge in [-0.3, -0.25) is 14.4 Å². The number of cyclic esters (lactones) is 2. The molecule has 1 fully saturated rings. The van der Waals surface area contributed by atoms with Crippen LogP contribution in [0.4, 0.5) is 0 Å². The Labute approximate surface area is 298 Å². The number of esters is 2. The van der Waals surface area contributed by atoms with Gasteiger partial charge in [0.2, 0.25) is 11.8 Å².